The summed E-state index contributed by atoms with van der Waals surface area (Å²) in [6.07, 6.45) is 6.38. The van der Waals surface area contributed by atoms with Gasteiger partial charge in [0.15, 0.2) is 6.61 Å². The Labute approximate surface area is 211 Å². The molecule has 2 saturated carbocycles. The number of anilines is 1. The van der Waals surface area contributed by atoms with Gasteiger partial charge in [0.05, 0.1) is 32.6 Å². The van der Waals surface area contributed by atoms with Crippen molar-refractivity contribution < 1.29 is 19.1 Å². The quantitative estimate of drug-likeness (QED) is 0.216. The van der Waals surface area contributed by atoms with E-state index in [9.17, 15) is 14.4 Å². The first-order valence-corrected chi connectivity index (χ1v) is 12.4. The summed E-state index contributed by atoms with van der Waals surface area (Å²) in [7, 11) is 0. The second kappa shape index (κ2) is 8.11. The molecule has 4 unspecified atom stereocenters. The van der Waals surface area contributed by atoms with Gasteiger partial charge in [-0.2, -0.15) is 0 Å². The minimum atomic E-state index is -0.347. The van der Waals surface area contributed by atoms with Crippen LogP contribution in [0.2, 0.25) is 15.1 Å². The Balaban J connectivity index is 1.17. The van der Waals surface area contributed by atoms with Crippen molar-refractivity contribution in [3.63, 3.8) is 0 Å². The molecule has 7 rings (SSSR count). The third-order valence-electron chi connectivity index (χ3n) is 7.78. The maximum absolute atomic E-state index is 13.4. The molecule has 6 atom stereocenters. The zero-order valence-electron chi connectivity index (χ0n) is 17.9. The maximum atomic E-state index is 13.4. The van der Waals surface area contributed by atoms with Crippen LogP contribution in [-0.2, 0) is 9.59 Å². The lowest BCUT2D eigenvalue weighted by Crippen LogP contribution is -2.36. The van der Waals surface area contributed by atoms with Crippen LogP contribution in [0.15, 0.2) is 48.6 Å². The molecule has 4 aliphatic carbocycles. The molecule has 8 heteroatoms. The van der Waals surface area contributed by atoms with E-state index in [1.54, 1.807) is 24.3 Å². The SMILES string of the molecule is O=C(COc1ccc(N2C(=O)C3C(C2=O)C2C=CCC3[C@H]3C[C@@H]23)cc1)c1ccc(Cl)c(Cl)c1Cl. The molecule has 174 valence electrons. The molecule has 5 aliphatic rings. The third-order valence-corrected chi connectivity index (χ3v) is 9.07. The van der Waals surface area contributed by atoms with E-state index in [-0.39, 0.29) is 68.5 Å². The number of hydrogen-bond donors (Lipinski definition) is 0. The number of fused-ring (bicyclic) bond motifs is 1. The van der Waals surface area contributed by atoms with E-state index in [0.29, 0.717) is 23.3 Å². The van der Waals surface area contributed by atoms with Crippen molar-refractivity contribution in [1.29, 1.82) is 0 Å². The van der Waals surface area contributed by atoms with Crippen molar-refractivity contribution in [2.75, 3.05) is 11.5 Å². The number of benzene rings is 2. The Morgan fingerprint density at radius 3 is 2.41 bits per heavy atom. The average molecular weight is 517 g/mol. The molecule has 5 nitrogen and oxygen atoms in total. The summed E-state index contributed by atoms with van der Waals surface area (Å²) < 4.78 is 5.61. The second-order valence-corrected chi connectivity index (χ2v) is 10.6. The zero-order valence-corrected chi connectivity index (χ0v) is 20.2. The summed E-state index contributed by atoms with van der Waals surface area (Å²) in [5.41, 5.74) is 0.757. The van der Waals surface area contributed by atoms with E-state index >= 15 is 0 Å². The zero-order chi connectivity index (χ0) is 23.7. The van der Waals surface area contributed by atoms with Crippen molar-refractivity contribution in [2.45, 2.75) is 12.8 Å². The first-order chi connectivity index (χ1) is 16.4. The fraction of sp³-hybridized carbons (Fsp3) is 0.346. The molecule has 3 fully saturated rings. The summed E-state index contributed by atoms with van der Waals surface area (Å²) in [5, 5.41) is 0.473. The molecule has 1 saturated heterocycles. The van der Waals surface area contributed by atoms with Gasteiger partial charge in [0, 0.05) is 5.56 Å². The van der Waals surface area contributed by atoms with Crippen LogP contribution in [0.3, 0.4) is 0 Å². The van der Waals surface area contributed by atoms with E-state index in [4.69, 9.17) is 39.5 Å². The number of hydrogen-bond acceptors (Lipinski definition) is 4. The molecule has 0 N–H and O–H groups in total. The van der Waals surface area contributed by atoms with Crippen molar-refractivity contribution in [3.05, 3.63) is 69.2 Å². The largest absolute Gasteiger partial charge is 0.485 e. The van der Waals surface area contributed by atoms with Crippen molar-refractivity contribution in [3.8, 4) is 5.75 Å². The number of ketones is 1. The average Bonchev–Trinajstić information content (AvgIpc) is 3.62. The lowest BCUT2D eigenvalue weighted by atomic mass is 9.69. The summed E-state index contributed by atoms with van der Waals surface area (Å²) in [4.78, 5) is 40.6. The summed E-state index contributed by atoms with van der Waals surface area (Å²) in [5.74, 6) is 1.02. The van der Waals surface area contributed by atoms with Crippen molar-refractivity contribution in [1.82, 2.24) is 0 Å². The van der Waals surface area contributed by atoms with Crippen LogP contribution < -0.4 is 9.64 Å². The Kier molecular flexibility index (Phi) is 5.28. The number of Topliss-reactive ketones (excluding diaryl/α,β-unsaturated/α-hetero) is 1. The molecule has 1 heterocycles. The number of carbonyl (C=O) groups excluding carboxylic acids is 3. The van der Waals surface area contributed by atoms with Gasteiger partial charge in [-0.3, -0.25) is 19.3 Å². The van der Waals surface area contributed by atoms with Crippen LogP contribution in [0.4, 0.5) is 5.69 Å². The van der Waals surface area contributed by atoms with Gasteiger partial charge in [0.1, 0.15) is 5.75 Å². The van der Waals surface area contributed by atoms with Crippen molar-refractivity contribution >= 4 is 58.1 Å². The van der Waals surface area contributed by atoms with Crippen molar-refractivity contribution in [2.24, 2.45) is 35.5 Å². The third kappa shape index (κ3) is 3.32. The fourth-order valence-electron chi connectivity index (χ4n) is 6.16. The smallest absolute Gasteiger partial charge is 0.238 e. The highest BCUT2D eigenvalue weighted by Gasteiger charge is 2.66. The Bertz CT molecular complexity index is 1260. The molecular formula is C26H20Cl3NO4. The molecule has 2 bridgehead atoms. The molecule has 2 aromatic rings. The number of allylic oxidation sites excluding steroid dienone is 2. The number of ether oxygens (including phenoxy) is 1. The predicted octanol–water partition coefficient (Wildman–Crippen LogP) is 5.86. The highest BCUT2D eigenvalue weighted by Crippen LogP contribution is 2.64. The van der Waals surface area contributed by atoms with E-state index in [0.717, 1.165) is 12.8 Å². The molecule has 1 aliphatic heterocycles. The number of amides is 2. The van der Waals surface area contributed by atoms with Crippen LogP contribution in [0, 0.1) is 35.5 Å². The van der Waals surface area contributed by atoms with Gasteiger partial charge in [0.25, 0.3) is 0 Å². The summed E-state index contributed by atoms with van der Waals surface area (Å²) in [6, 6.07) is 9.69. The number of halogens is 3. The standard InChI is InChI=1S/C26H20Cl3NO4/c27-19-9-8-16(23(28)24(19)29)20(31)11-34-13-6-4-12(5-7-13)30-25(32)21-14-2-1-3-15(18-10-17(14)18)22(21)26(30)33/h1-2,4-9,14-15,17-18,21-22H,3,10-11H2/t14?,15?,17-,18+,21?,22?/m0/s1. The number of imide groups is 1. The number of nitrogens with zero attached hydrogens (tertiary/aromatic N) is 1. The van der Waals surface area contributed by atoms with E-state index in [1.165, 1.54) is 17.0 Å². The van der Waals surface area contributed by atoms with Gasteiger partial charge < -0.3 is 4.74 Å². The van der Waals surface area contributed by atoms with Gasteiger partial charge in [-0.25, -0.2) is 0 Å². The molecule has 0 aromatic heterocycles. The highest BCUT2D eigenvalue weighted by atomic mass is 35.5. The molecule has 34 heavy (non-hydrogen) atoms. The molecule has 0 spiro atoms. The van der Waals surface area contributed by atoms with Gasteiger partial charge in [-0.05, 0) is 72.9 Å². The van der Waals surface area contributed by atoms with E-state index < -0.39 is 0 Å². The molecule has 0 radical (unpaired) electrons. The van der Waals surface area contributed by atoms with Crippen LogP contribution in [0.5, 0.6) is 5.75 Å². The van der Waals surface area contributed by atoms with E-state index in [2.05, 4.69) is 12.2 Å². The number of rotatable bonds is 5. The topological polar surface area (TPSA) is 63.7 Å². The van der Waals surface area contributed by atoms with Crippen LogP contribution >= 0.6 is 34.8 Å². The second-order valence-electron chi connectivity index (χ2n) is 9.46. The predicted molar refractivity (Wildman–Crippen MR) is 130 cm³/mol. The van der Waals surface area contributed by atoms with Crippen LogP contribution in [-0.4, -0.2) is 24.2 Å². The lowest BCUT2D eigenvalue weighted by molar-refractivity contribution is -0.124. The van der Waals surface area contributed by atoms with E-state index in [1.807, 2.05) is 0 Å². The van der Waals surface area contributed by atoms with Crippen LogP contribution in [0.25, 0.3) is 0 Å². The Morgan fingerprint density at radius 1 is 0.912 bits per heavy atom. The monoisotopic (exact) mass is 515 g/mol. The molecule has 2 aromatic carbocycles. The minimum absolute atomic E-state index is 0.0860. The van der Waals surface area contributed by atoms with Gasteiger partial charge in [-0.1, -0.05) is 47.0 Å². The molecular weight excluding hydrogens is 497 g/mol. The first-order valence-electron chi connectivity index (χ1n) is 11.3. The summed E-state index contributed by atoms with van der Waals surface area (Å²) in [6.45, 7) is -0.249. The Morgan fingerprint density at radius 2 is 1.65 bits per heavy atom. The van der Waals surface area contributed by atoms with Crippen LogP contribution in [0.1, 0.15) is 23.2 Å². The Hall–Kier alpha value is -2.34. The van der Waals surface area contributed by atoms with Gasteiger partial charge in [-0.15, -0.1) is 0 Å². The number of carbonyl (C=O) groups is 3. The summed E-state index contributed by atoms with van der Waals surface area (Å²) >= 11 is 18.1. The van der Waals surface area contributed by atoms with Gasteiger partial charge >= 0.3 is 0 Å². The van der Waals surface area contributed by atoms with Gasteiger partial charge in [0.2, 0.25) is 17.6 Å². The lowest BCUT2D eigenvalue weighted by Gasteiger charge is -2.31. The normalized spacial score (nSPS) is 30.7. The first kappa shape index (κ1) is 22.1. The molecule has 2 amide bonds. The maximum Gasteiger partial charge on any atom is 0.238 e. The minimum Gasteiger partial charge on any atom is -0.485 e. The highest BCUT2D eigenvalue weighted by molar-refractivity contribution is 6.49. The fourth-order valence-corrected chi connectivity index (χ4v) is 6.80.